The Morgan fingerprint density at radius 3 is 3.05 bits per heavy atom. The highest BCUT2D eigenvalue weighted by molar-refractivity contribution is 7.12. The molecule has 1 aliphatic rings. The first-order chi connectivity index (χ1) is 10.7. The summed E-state index contributed by atoms with van der Waals surface area (Å²) in [6, 6.07) is 10.4. The van der Waals surface area contributed by atoms with Gasteiger partial charge in [-0.25, -0.2) is 4.79 Å². The average Bonchev–Trinajstić information content (AvgIpc) is 2.94. The van der Waals surface area contributed by atoms with Crippen LogP contribution in [0.25, 0.3) is 0 Å². The van der Waals surface area contributed by atoms with E-state index in [4.69, 9.17) is 9.47 Å². The molecule has 0 fully saturated rings. The van der Waals surface area contributed by atoms with Crippen molar-refractivity contribution in [3.8, 4) is 5.75 Å². The maximum Gasteiger partial charge on any atom is 0.348 e. The summed E-state index contributed by atoms with van der Waals surface area (Å²) in [6.07, 6.45) is 0. The number of carbonyl (C=O) groups is 1. The fraction of sp³-hybridized carbons (Fsp3) is 0.353. The molecular formula is C17H19NO3S. The highest BCUT2D eigenvalue weighted by Gasteiger charge is 2.23. The molecule has 0 radical (unpaired) electrons. The monoisotopic (exact) mass is 317 g/mol. The van der Waals surface area contributed by atoms with Gasteiger partial charge in [0.2, 0.25) is 0 Å². The molecule has 0 saturated heterocycles. The van der Waals surface area contributed by atoms with E-state index in [1.165, 1.54) is 24.0 Å². The first-order valence-corrected chi connectivity index (χ1v) is 8.16. The third-order valence-corrected chi connectivity index (χ3v) is 4.88. The molecule has 1 aliphatic heterocycles. The maximum absolute atomic E-state index is 11.8. The van der Waals surface area contributed by atoms with Gasteiger partial charge >= 0.3 is 5.97 Å². The highest BCUT2D eigenvalue weighted by atomic mass is 32.1. The Bertz CT molecular complexity index is 667. The molecule has 1 atom stereocenters. The molecular weight excluding hydrogens is 298 g/mol. The molecule has 0 saturated carbocycles. The summed E-state index contributed by atoms with van der Waals surface area (Å²) in [5.74, 6) is 0.694. The minimum Gasteiger partial charge on any atom is -0.492 e. The first kappa shape index (κ1) is 15.1. The fourth-order valence-electron chi connectivity index (χ4n) is 2.63. The summed E-state index contributed by atoms with van der Waals surface area (Å²) >= 11 is 1.43. The van der Waals surface area contributed by atoms with Crippen LogP contribution in [0.5, 0.6) is 5.75 Å². The van der Waals surface area contributed by atoms with Crippen LogP contribution in [-0.2, 0) is 17.8 Å². The van der Waals surface area contributed by atoms with Crippen molar-refractivity contribution in [2.24, 2.45) is 0 Å². The van der Waals surface area contributed by atoms with Crippen LogP contribution < -0.4 is 4.74 Å². The van der Waals surface area contributed by atoms with Crippen molar-refractivity contribution in [3.05, 3.63) is 51.7 Å². The van der Waals surface area contributed by atoms with E-state index in [2.05, 4.69) is 17.9 Å². The van der Waals surface area contributed by atoms with Crippen LogP contribution in [0.15, 0.2) is 35.7 Å². The number of nitrogens with zero attached hydrogens (tertiary/aromatic N) is 1. The Morgan fingerprint density at radius 2 is 2.23 bits per heavy atom. The molecule has 0 spiro atoms. The van der Waals surface area contributed by atoms with Crippen LogP contribution in [0.1, 0.15) is 27.7 Å². The lowest BCUT2D eigenvalue weighted by Gasteiger charge is -2.26. The predicted molar refractivity (Wildman–Crippen MR) is 86.3 cm³/mol. The van der Waals surface area contributed by atoms with Gasteiger partial charge in [-0.05, 0) is 30.0 Å². The third-order valence-electron chi connectivity index (χ3n) is 3.94. The molecule has 1 aromatic heterocycles. The Balaban J connectivity index is 1.82. The van der Waals surface area contributed by atoms with Gasteiger partial charge in [0, 0.05) is 24.7 Å². The van der Waals surface area contributed by atoms with E-state index in [-0.39, 0.29) is 12.0 Å². The van der Waals surface area contributed by atoms with Crippen LogP contribution >= 0.6 is 11.3 Å². The molecule has 22 heavy (non-hydrogen) atoms. The lowest BCUT2D eigenvalue weighted by atomic mass is 10.1. The van der Waals surface area contributed by atoms with E-state index in [1.807, 2.05) is 29.6 Å². The van der Waals surface area contributed by atoms with Crippen LogP contribution in [0.2, 0.25) is 0 Å². The minimum absolute atomic E-state index is 0.260. The van der Waals surface area contributed by atoms with Gasteiger partial charge in [0.1, 0.15) is 17.2 Å². The zero-order chi connectivity index (χ0) is 15.5. The van der Waals surface area contributed by atoms with Crippen molar-refractivity contribution in [1.29, 1.82) is 0 Å². The number of benzene rings is 1. The summed E-state index contributed by atoms with van der Waals surface area (Å²) in [5, 5.41) is 1.94. The van der Waals surface area contributed by atoms with E-state index in [0.29, 0.717) is 18.0 Å². The van der Waals surface area contributed by atoms with Crippen molar-refractivity contribution >= 4 is 17.3 Å². The number of ether oxygens (including phenoxy) is 2. The normalized spacial score (nSPS) is 18.2. The van der Waals surface area contributed by atoms with Crippen LogP contribution in [0.4, 0.5) is 0 Å². The molecule has 116 valence electrons. The number of hydrogen-bond acceptors (Lipinski definition) is 5. The molecule has 0 bridgehead atoms. The zero-order valence-corrected chi connectivity index (χ0v) is 13.6. The van der Waals surface area contributed by atoms with Crippen molar-refractivity contribution in [1.82, 2.24) is 4.90 Å². The third kappa shape index (κ3) is 3.00. The average molecular weight is 317 g/mol. The van der Waals surface area contributed by atoms with Gasteiger partial charge in [-0.1, -0.05) is 18.2 Å². The van der Waals surface area contributed by atoms with Gasteiger partial charge in [-0.3, -0.25) is 4.90 Å². The Labute approximate surface area is 134 Å². The first-order valence-electron chi connectivity index (χ1n) is 7.28. The lowest BCUT2D eigenvalue weighted by Crippen LogP contribution is -2.34. The summed E-state index contributed by atoms with van der Waals surface area (Å²) < 4.78 is 10.7. The van der Waals surface area contributed by atoms with Crippen molar-refractivity contribution in [3.63, 3.8) is 0 Å². The Kier molecular flexibility index (Phi) is 4.45. The topological polar surface area (TPSA) is 38.8 Å². The smallest absolute Gasteiger partial charge is 0.348 e. The number of para-hydroxylation sites is 1. The molecule has 0 amide bonds. The Morgan fingerprint density at radius 1 is 1.41 bits per heavy atom. The summed E-state index contributed by atoms with van der Waals surface area (Å²) in [5.41, 5.74) is 2.20. The summed E-state index contributed by atoms with van der Waals surface area (Å²) in [4.78, 5) is 14.9. The van der Waals surface area contributed by atoms with Gasteiger partial charge < -0.3 is 9.47 Å². The fourth-order valence-corrected chi connectivity index (χ4v) is 3.46. The van der Waals surface area contributed by atoms with Gasteiger partial charge in [0.25, 0.3) is 0 Å². The quantitative estimate of drug-likeness (QED) is 0.814. The minimum atomic E-state index is -0.260. The van der Waals surface area contributed by atoms with Gasteiger partial charge in [0.05, 0.1) is 7.11 Å². The van der Waals surface area contributed by atoms with E-state index in [0.717, 1.165) is 17.9 Å². The van der Waals surface area contributed by atoms with Gasteiger partial charge in [0.15, 0.2) is 0 Å². The van der Waals surface area contributed by atoms with Crippen molar-refractivity contribution in [2.75, 3.05) is 13.7 Å². The lowest BCUT2D eigenvalue weighted by molar-refractivity contribution is 0.0603. The largest absolute Gasteiger partial charge is 0.492 e. The van der Waals surface area contributed by atoms with Crippen molar-refractivity contribution in [2.45, 2.75) is 26.1 Å². The van der Waals surface area contributed by atoms with Crippen molar-refractivity contribution < 1.29 is 14.3 Å². The van der Waals surface area contributed by atoms with E-state index < -0.39 is 0 Å². The van der Waals surface area contributed by atoms with E-state index >= 15 is 0 Å². The zero-order valence-electron chi connectivity index (χ0n) is 12.7. The second-order valence-corrected chi connectivity index (χ2v) is 6.36. The van der Waals surface area contributed by atoms with Crippen LogP contribution in [0, 0.1) is 0 Å². The number of fused-ring (bicyclic) bond motifs is 1. The highest BCUT2D eigenvalue weighted by Crippen LogP contribution is 2.27. The Hall–Kier alpha value is -1.85. The van der Waals surface area contributed by atoms with Crippen LogP contribution in [0.3, 0.4) is 0 Å². The number of thiophene rings is 1. The number of carbonyl (C=O) groups excluding carboxylic acids is 1. The molecule has 1 unspecified atom stereocenters. The van der Waals surface area contributed by atoms with E-state index in [1.54, 1.807) is 0 Å². The van der Waals surface area contributed by atoms with E-state index in [9.17, 15) is 4.79 Å². The SMILES string of the molecule is COC(=O)c1sccc1CN1Cc2ccccc2OCC1C. The second kappa shape index (κ2) is 6.50. The molecule has 1 aromatic carbocycles. The van der Waals surface area contributed by atoms with Gasteiger partial charge in [-0.15, -0.1) is 11.3 Å². The van der Waals surface area contributed by atoms with Gasteiger partial charge in [-0.2, -0.15) is 0 Å². The molecule has 0 N–H and O–H groups in total. The summed E-state index contributed by atoms with van der Waals surface area (Å²) in [6.45, 7) is 4.32. The molecule has 5 heteroatoms. The molecule has 2 aromatic rings. The molecule has 0 aliphatic carbocycles. The summed E-state index contributed by atoms with van der Waals surface area (Å²) in [7, 11) is 1.42. The number of esters is 1. The molecule has 3 rings (SSSR count). The molecule has 2 heterocycles. The van der Waals surface area contributed by atoms with Crippen LogP contribution in [-0.4, -0.2) is 30.6 Å². The molecule has 4 nitrogen and oxygen atoms in total. The predicted octanol–water partition coefficient (Wildman–Crippen LogP) is 3.32. The number of rotatable bonds is 3. The second-order valence-electron chi connectivity index (χ2n) is 5.44. The number of methoxy groups -OCH3 is 1. The standard InChI is InChI=1S/C17H19NO3S/c1-12-11-21-15-6-4-3-5-13(15)9-18(12)10-14-7-8-22-16(14)17(19)20-2/h3-8,12H,9-11H2,1-2H3. The number of hydrogen-bond donors (Lipinski definition) is 0. The maximum atomic E-state index is 11.8.